The fourth-order valence-corrected chi connectivity index (χ4v) is 6.13. The highest BCUT2D eigenvalue weighted by atomic mass is 32.2. The molecule has 0 aromatic rings. The first kappa shape index (κ1) is 20.1. The summed E-state index contributed by atoms with van der Waals surface area (Å²) in [4.78, 5) is 0. The normalized spacial score (nSPS) is 12.8. The van der Waals surface area contributed by atoms with Gasteiger partial charge in [-0.25, -0.2) is 8.42 Å². The Morgan fingerprint density at radius 1 is 0.750 bits per heavy atom. The molecule has 0 amide bonds. The zero-order chi connectivity index (χ0) is 15.5. The van der Waals surface area contributed by atoms with Crippen molar-refractivity contribution in [2.45, 2.75) is 90.8 Å². The van der Waals surface area contributed by atoms with Crippen LogP contribution in [0.3, 0.4) is 0 Å². The van der Waals surface area contributed by atoms with Gasteiger partial charge in [-0.05, 0) is 26.1 Å². The maximum absolute atomic E-state index is 11.7. The first-order valence-electron chi connectivity index (χ1n) is 8.20. The van der Waals surface area contributed by atoms with E-state index in [1.54, 1.807) is 0 Å². The predicted molar refractivity (Wildman–Crippen MR) is 90.1 cm³/mol. The fraction of sp³-hybridized carbons (Fsp3) is 1.00. The van der Waals surface area contributed by atoms with Gasteiger partial charge in [0, 0.05) is 0 Å². The SMILES string of the molecule is CCCCCCCCCCCCS(=O)(=O)O[Si](C)(C)C. The molecule has 0 heterocycles. The maximum atomic E-state index is 11.7. The molecule has 122 valence electrons. The van der Waals surface area contributed by atoms with Gasteiger partial charge in [0.05, 0.1) is 5.75 Å². The lowest BCUT2D eigenvalue weighted by atomic mass is 10.1. The molecular formula is C15H34O3SSi. The first-order chi connectivity index (χ1) is 9.27. The second kappa shape index (κ2) is 10.8. The molecule has 0 atom stereocenters. The Balaban J connectivity index is 3.44. The van der Waals surface area contributed by atoms with E-state index >= 15 is 0 Å². The van der Waals surface area contributed by atoms with Crippen LogP contribution in [-0.2, 0) is 14.0 Å². The summed E-state index contributed by atoms with van der Waals surface area (Å²) >= 11 is 0. The Morgan fingerprint density at radius 2 is 1.15 bits per heavy atom. The lowest BCUT2D eigenvalue weighted by molar-refractivity contribution is 0.481. The van der Waals surface area contributed by atoms with Crippen molar-refractivity contribution in [1.29, 1.82) is 0 Å². The predicted octanol–water partition coefficient (Wildman–Crippen LogP) is 5.09. The molecule has 0 N–H and O–H groups in total. The average Bonchev–Trinajstić information content (AvgIpc) is 2.28. The van der Waals surface area contributed by atoms with Crippen LogP contribution in [0.1, 0.15) is 71.1 Å². The minimum absolute atomic E-state index is 0.188. The lowest BCUT2D eigenvalue weighted by Gasteiger charge is -2.16. The van der Waals surface area contributed by atoms with Crippen LogP contribution in [0.15, 0.2) is 0 Å². The topological polar surface area (TPSA) is 43.4 Å². The first-order valence-corrected chi connectivity index (χ1v) is 13.2. The highest BCUT2D eigenvalue weighted by molar-refractivity contribution is 7.87. The fourth-order valence-electron chi connectivity index (χ4n) is 2.19. The second-order valence-corrected chi connectivity index (χ2v) is 13.1. The zero-order valence-electron chi connectivity index (χ0n) is 13.9. The highest BCUT2D eigenvalue weighted by Crippen LogP contribution is 2.13. The second-order valence-electron chi connectivity index (χ2n) is 6.64. The van der Waals surface area contributed by atoms with Crippen molar-refractivity contribution in [2.24, 2.45) is 0 Å². The van der Waals surface area contributed by atoms with Crippen LogP contribution in [0.2, 0.25) is 19.6 Å². The average molecular weight is 323 g/mol. The summed E-state index contributed by atoms with van der Waals surface area (Å²) < 4.78 is 28.6. The molecule has 0 saturated carbocycles. The molecule has 20 heavy (non-hydrogen) atoms. The van der Waals surface area contributed by atoms with Crippen LogP contribution in [0, 0.1) is 0 Å². The van der Waals surface area contributed by atoms with Crippen LogP contribution in [0.4, 0.5) is 0 Å². The molecular weight excluding hydrogens is 288 g/mol. The molecule has 5 heteroatoms. The third-order valence-electron chi connectivity index (χ3n) is 3.12. The summed E-state index contributed by atoms with van der Waals surface area (Å²) in [7, 11) is -5.26. The van der Waals surface area contributed by atoms with E-state index in [2.05, 4.69) is 6.92 Å². The van der Waals surface area contributed by atoms with E-state index < -0.39 is 18.4 Å². The van der Waals surface area contributed by atoms with Gasteiger partial charge in [-0.15, -0.1) is 0 Å². The molecule has 0 aliphatic rings. The van der Waals surface area contributed by atoms with E-state index in [1.807, 2.05) is 19.6 Å². The van der Waals surface area contributed by atoms with Crippen molar-refractivity contribution >= 4 is 18.4 Å². The summed E-state index contributed by atoms with van der Waals surface area (Å²) in [5, 5.41) is 0. The van der Waals surface area contributed by atoms with Crippen molar-refractivity contribution in [3.05, 3.63) is 0 Å². The van der Waals surface area contributed by atoms with Crippen molar-refractivity contribution in [2.75, 3.05) is 5.75 Å². The molecule has 0 radical (unpaired) electrons. The molecule has 0 aromatic carbocycles. The van der Waals surface area contributed by atoms with E-state index in [0.717, 1.165) is 19.3 Å². The summed E-state index contributed by atoms with van der Waals surface area (Å²) in [6.45, 7) is 7.95. The molecule has 0 bridgehead atoms. The van der Waals surface area contributed by atoms with Crippen LogP contribution < -0.4 is 0 Å². The Hall–Kier alpha value is 0.127. The van der Waals surface area contributed by atoms with Gasteiger partial charge in [0.15, 0.2) is 0 Å². The molecule has 0 unspecified atom stereocenters. The maximum Gasteiger partial charge on any atom is 0.257 e. The van der Waals surface area contributed by atoms with E-state index in [0.29, 0.717) is 0 Å². The third-order valence-corrected chi connectivity index (χ3v) is 6.93. The number of hydrogen-bond acceptors (Lipinski definition) is 3. The van der Waals surface area contributed by atoms with E-state index in [1.165, 1.54) is 44.9 Å². The Labute approximate surface area is 127 Å². The van der Waals surface area contributed by atoms with E-state index in [4.69, 9.17) is 3.87 Å². The minimum atomic E-state index is -3.29. The highest BCUT2D eigenvalue weighted by Gasteiger charge is 2.23. The van der Waals surface area contributed by atoms with Crippen molar-refractivity contribution in [3.8, 4) is 0 Å². The molecule has 0 fully saturated rings. The number of unbranched alkanes of at least 4 members (excludes halogenated alkanes) is 9. The third kappa shape index (κ3) is 14.5. The smallest absolute Gasteiger partial charge is 0.257 e. The quantitative estimate of drug-likeness (QED) is 0.350. The molecule has 0 aliphatic carbocycles. The van der Waals surface area contributed by atoms with Gasteiger partial charge in [0.1, 0.15) is 0 Å². The van der Waals surface area contributed by atoms with Gasteiger partial charge in [-0.1, -0.05) is 64.7 Å². The van der Waals surface area contributed by atoms with Gasteiger partial charge in [0.2, 0.25) is 8.32 Å². The van der Waals surface area contributed by atoms with Crippen LogP contribution in [-0.4, -0.2) is 22.5 Å². The molecule has 0 saturated heterocycles. The standard InChI is InChI=1S/C15H34O3SSi/c1-5-6-7-8-9-10-11-12-13-14-15-19(16,17)18-20(2,3)4/h5-15H2,1-4H3. The molecule has 0 aliphatic heterocycles. The van der Waals surface area contributed by atoms with Crippen LogP contribution in [0.5, 0.6) is 0 Å². The van der Waals surface area contributed by atoms with Crippen LogP contribution >= 0.6 is 0 Å². The molecule has 0 aromatic heterocycles. The van der Waals surface area contributed by atoms with Gasteiger partial charge in [-0.2, -0.15) is 0 Å². The van der Waals surface area contributed by atoms with Crippen LogP contribution in [0.25, 0.3) is 0 Å². The van der Waals surface area contributed by atoms with Gasteiger partial charge >= 0.3 is 0 Å². The Morgan fingerprint density at radius 3 is 1.55 bits per heavy atom. The number of rotatable bonds is 13. The summed E-state index contributed by atoms with van der Waals surface area (Å²) in [5.41, 5.74) is 0. The van der Waals surface area contributed by atoms with E-state index in [-0.39, 0.29) is 5.75 Å². The minimum Gasteiger partial charge on any atom is -0.315 e. The van der Waals surface area contributed by atoms with Crippen molar-refractivity contribution < 1.29 is 12.3 Å². The molecule has 0 rings (SSSR count). The zero-order valence-corrected chi connectivity index (χ0v) is 15.7. The summed E-state index contributed by atoms with van der Waals surface area (Å²) in [6, 6.07) is 0. The Bertz CT molecular complexity index is 321. The summed E-state index contributed by atoms with van der Waals surface area (Å²) in [6.07, 6.45) is 12.1. The van der Waals surface area contributed by atoms with Gasteiger partial charge in [0.25, 0.3) is 10.1 Å². The summed E-state index contributed by atoms with van der Waals surface area (Å²) in [5.74, 6) is 0.188. The number of hydrogen-bond donors (Lipinski definition) is 0. The van der Waals surface area contributed by atoms with Crippen molar-refractivity contribution in [1.82, 2.24) is 0 Å². The molecule has 0 spiro atoms. The largest absolute Gasteiger partial charge is 0.315 e. The van der Waals surface area contributed by atoms with E-state index in [9.17, 15) is 8.42 Å². The van der Waals surface area contributed by atoms with Gasteiger partial charge < -0.3 is 3.87 Å². The molecule has 3 nitrogen and oxygen atoms in total. The van der Waals surface area contributed by atoms with Crippen molar-refractivity contribution in [3.63, 3.8) is 0 Å². The monoisotopic (exact) mass is 322 g/mol. The Kier molecular flexibility index (Phi) is 10.9. The van der Waals surface area contributed by atoms with Gasteiger partial charge in [-0.3, -0.25) is 0 Å². The lowest BCUT2D eigenvalue weighted by Crippen LogP contribution is -2.30.